The highest BCUT2D eigenvalue weighted by Crippen LogP contribution is 2.35. The lowest BCUT2D eigenvalue weighted by Crippen LogP contribution is -2.55. The predicted octanol–water partition coefficient (Wildman–Crippen LogP) is 2.22. The molecule has 3 rings (SSSR count). The van der Waals surface area contributed by atoms with Gasteiger partial charge < -0.3 is 25.6 Å². The molecule has 1 aliphatic rings. The highest BCUT2D eigenvalue weighted by molar-refractivity contribution is 7.92. The van der Waals surface area contributed by atoms with Crippen LogP contribution in [0.5, 0.6) is 11.5 Å². The van der Waals surface area contributed by atoms with Crippen LogP contribution in [-0.2, 0) is 21.1 Å². The summed E-state index contributed by atoms with van der Waals surface area (Å²) in [5, 5.41) is 16.1. The van der Waals surface area contributed by atoms with Crippen molar-refractivity contribution < 1.29 is 27.8 Å². The maximum Gasteiger partial charge on any atom is 0.237 e. The molecule has 9 nitrogen and oxygen atoms in total. The fraction of sp³-hybridized carbons (Fsp3) is 0.519. The third kappa shape index (κ3) is 7.22. The summed E-state index contributed by atoms with van der Waals surface area (Å²) in [6.45, 7) is 7.45. The molecule has 10 heteroatoms. The van der Waals surface area contributed by atoms with E-state index in [1.807, 2.05) is 44.2 Å². The molecule has 0 aliphatic carbocycles. The Labute approximate surface area is 219 Å². The van der Waals surface area contributed by atoms with E-state index >= 15 is 0 Å². The largest absolute Gasteiger partial charge is 0.454 e. The van der Waals surface area contributed by atoms with E-state index in [2.05, 4.69) is 10.6 Å². The highest BCUT2D eigenvalue weighted by Gasteiger charge is 2.33. The zero-order valence-corrected chi connectivity index (χ0v) is 22.7. The van der Waals surface area contributed by atoms with E-state index in [1.165, 1.54) is 12.1 Å². The first-order valence-corrected chi connectivity index (χ1v) is 14.2. The minimum absolute atomic E-state index is 0.0233. The molecule has 0 bridgehead atoms. The minimum Gasteiger partial charge on any atom is -0.454 e. The molecule has 0 aromatic heterocycles. The van der Waals surface area contributed by atoms with Crippen molar-refractivity contribution in [3.63, 3.8) is 0 Å². The lowest BCUT2D eigenvalue weighted by atomic mass is 9.97. The lowest BCUT2D eigenvalue weighted by Gasteiger charge is -2.29. The fourth-order valence-electron chi connectivity index (χ4n) is 4.23. The van der Waals surface area contributed by atoms with Crippen molar-refractivity contribution in [1.29, 1.82) is 0 Å². The van der Waals surface area contributed by atoms with E-state index in [1.54, 1.807) is 19.9 Å². The van der Waals surface area contributed by atoms with Gasteiger partial charge in [-0.3, -0.25) is 10.1 Å². The summed E-state index contributed by atoms with van der Waals surface area (Å²) in [6, 6.07) is 12.6. The van der Waals surface area contributed by atoms with E-state index in [-0.39, 0.29) is 36.0 Å². The highest BCUT2D eigenvalue weighted by atomic mass is 32.2. The van der Waals surface area contributed by atoms with Gasteiger partial charge in [0, 0.05) is 12.6 Å². The van der Waals surface area contributed by atoms with Crippen molar-refractivity contribution in [1.82, 2.24) is 10.6 Å². The van der Waals surface area contributed by atoms with Crippen molar-refractivity contribution in [2.45, 2.75) is 69.0 Å². The summed E-state index contributed by atoms with van der Waals surface area (Å²) < 4.78 is 37.6. The van der Waals surface area contributed by atoms with Crippen molar-refractivity contribution in [3.05, 3.63) is 54.1 Å². The van der Waals surface area contributed by atoms with Crippen molar-refractivity contribution in [2.24, 2.45) is 17.6 Å². The van der Waals surface area contributed by atoms with Crippen LogP contribution in [0.1, 0.15) is 39.7 Å². The number of aliphatic hydroxyl groups is 1. The van der Waals surface area contributed by atoms with Gasteiger partial charge in [0.05, 0.1) is 23.1 Å². The standard InChI is InChI=1S/C27H39N3O6S/c1-5-18(4)25(28)26(32)30-21(13-19-9-7-6-8-10-19)22(31)15-29-27(17(2)3)37(33,34)20-11-12-23-24(14-20)36-16-35-23/h6-12,14,17-18,21-22,25,27,29,31H,5,13,15-16,28H2,1-4H3,(H,30,32)/t18-,21-,22+,25-,27?/m0/s1. The van der Waals surface area contributed by atoms with Crippen LogP contribution in [0.4, 0.5) is 0 Å². The number of nitrogens with one attached hydrogen (secondary N) is 2. The summed E-state index contributed by atoms with van der Waals surface area (Å²) in [5.74, 6) is 0.210. The molecule has 1 amide bonds. The topological polar surface area (TPSA) is 140 Å². The van der Waals surface area contributed by atoms with E-state index in [0.29, 0.717) is 17.9 Å². The second kappa shape index (κ2) is 12.7. The molecule has 0 saturated heterocycles. The van der Waals surface area contributed by atoms with Gasteiger partial charge in [0.2, 0.25) is 12.7 Å². The van der Waals surface area contributed by atoms with Gasteiger partial charge in [0.25, 0.3) is 0 Å². The second-order valence-electron chi connectivity index (χ2n) is 9.92. The molecular formula is C27H39N3O6S. The number of nitrogens with two attached hydrogens (primary N) is 1. The van der Waals surface area contributed by atoms with Gasteiger partial charge in [-0.25, -0.2) is 8.42 Å². The van der Waals surface area contributed by atoms with Gasteiger partial charge in [-0.1, -0.05) is 64.4 Å². The van der Waals surface area contributed by atoms with E-state index in [9.17, 15) is 18.3 Å². The van der Waals surface area contributed by atoms with Crippen molar-refractivity contribution in [2.75, 3.05) is 13.3 Å². The average molecular weight is 534 g/mol. The van der Waals surface area contributed by atoms with E-state index in [4.69, 9.17) is 15.2 Å². The number of carbonyl (C=O) groups is 1. The maximum atomic E-state index is 13.5. The van der Waals surface area contributed by atoms with Crippen LogP contribution >= 0.6 is 0 Å². The third-order valence-corrected chi connectivity index (χ3v) is 9.08. The van der Waals surface area contributed by atoms with E-state index < -0.39 is 33.4 Å². The average Bonchev–Trinajstić information content (AvgIpc) is 3.35. The summed E-state index contributed by atoms with van der Waals surface area (Å²) in [5.41, 5.74) is 7.06. The molecule has 1 aliphatic heterocycles. The Balaban J connectivity index is 1.76. The van der Waals surface area contributed by atoms with Crippen LogP contribution in [0.2, 0.25) is 0 Å². The Kier molecular flexibility index (Phi) is 9.94. The van der Waals surface area contributed by atoms with Crippen molar-refractivity contribution >= 4 is 15.7 Å². The first kappa shape index (κ1) is 28.9. The van der Waals surface area contributed by atoms with Crippen LogP contribution in [0.15, 0.2) is 53.4 Å². The summed E-state index contributed by atoms with van der Waals surface area (Å²) in [6.07, 6.45) is 0.0428. The van der Waals surface area contributed by atoms with Crippen LogP contribution in [0.3, 0.4) is 0 Å². The Morgan fingerprint density at radius 3 is 2.41 bits per heavy atom. The number of hydrogen-bond acceptors (Lipinski definition) is 8. The molecule has 0 spiro atoms. The predicted molar refractivity (Wildman–Crippen MR) is 142 cm³/mol. The number of amides is 1. The first-order chi connectivity index (χ1) is 17.5. The maximum absolute atomic E-state index is 13.5. The smallest absolute Gasteiger partial charge is 0.237 e. The molecule has 37 heavy (non-hydrogen) atoms. The third-order valence-electron chi connectivity index (χ3n) is 6.79. The number of hydrogen-bond donors (Lipinski definition) is 4. The summed E-state index contributed by atoms with van der Waals surface area (Å²) >= 11 is 0. The quantitative estimate of drug-likeness (QED) is 0.307. The molecule has 0 radical (unpaired) electrons. The molecule has 0 fully saturated rings. The summed E-state index contributed by atoms with van der Waals surface area (Å²) in [7, 11) is -3.82. The molecule has 2 aromatic rings. The summed E-state index contributed by atoms with van der Waals surface area (Å²) in [4.78, 5) is 12.9. The van der Waals surface area contributed by atoms with Gasteiger partial charge >= 0.3 is 0 Å². The molecule has 5 atom stereocenters. The van der Waals surface area contributed by atoms with Gasteiger partial charge in [-0.2, -0.15) is 0 Å². The number of carbonyl (C=O) groups excluding carboxylic acids is 1. The van der Waals surface area contributed by atoms with Crippen LogP contribution in [0, 0.1) is 11.8 Å². The van der Waals surface area contributed by atoms with Crippen molar-refractivity contribution in [3.8, 4) is 11.5 Å². The monoisotopic (exact) mass is 533 g/mol. The molecule has 5 N–H and O–H groups in total. The molecule has 2 aromatic carbocycles. The molecule has 1 unspecified atom stereocenters. The first-order valence-electron chi connectivity index (χ1n) is 12.7. The second-order valence-corrected chi connectivity index (χ2v) is 12.0. The van der Waals surface area contributed by atoms with Gasteiger partial charge in [0.1, 0.15) is 5.37 Å². The number of rotatable bonds is 13. The normalized spacial score (nSPS) is 17.2. The minimum atomic E-state index is -3.82. The lowest BCUT2D eigenvalue weighted by molar-refractivity contribution is -0.125. The van der Waals surface area contributed by atoms with Gasteiger partial charge in [-0.05, 0) is 36.0 Å². The Morgan fingerprint density at radius 2 is 1.76 bits per heavy atom. The Morgan fingerprint density at radius 1 is 1.08 bits per heavy atom. The van der Waals surface area contributed by atoms with Crippen LogP contribution < -0.4 is 25.8 Å². The van der Waals surface area contributed by atoms with Gasteiger partial charge in [-0.15, -0.1) is 0 Å². The van der Waals surface area contributed by atoms with Gasteiger partial charge in [0.15, 0.2) is 21.3 Å². The number of fused-ring (bicyclic) bond motifs is 1. The molecule has 1 heterocycles. The molecular weight excluding hydrogens is 494 g/mol. The number of benzene rings is 2. The van der Waals surface area contributed by atoms with E-state index in [0.717, 1.165) is 12.0 Å². The molecule has 204 valence electrons. The number of sulfone groups is 1. The van der Waals surface area contributed by atoms with Crippen LogP contribution in [-0.4, -0.2) is 56.3 Å². The number of aliphatic hydroxyl groups excluding tert-OH is 1. The Bertz CT molecular complexity index is 1140. The number of ether oxygens (including phenoxy) is 2. The zero-order chi connectivity index (χ0) is 27.2. The van der Waals surface area contributed by atoms with Crippen LogP contribution in [0.25, 0.3) is 0 Å². The fourth-order valence-corrected chi connectivity index (χ4v) is 6.08. The zero-order valence-electron chi connectivity index (χ0n) is 21.9. The molecule has 0 saturated carbocycles. The SMILES string of the molecule is CC[C@H](C)[C@H](N)C(=O)N[C@@H](Cc1ccccc1)[C@H](O)CNC(C(C)C)S(=O)(=O)c1ccc2c(c1)OCO2. The Hall–Kier alpha value is -2.66.